The minimum Gasteiger partial charge on any atom is -0.497 e. The van der Waals surface area contributed by atoms with E-state index in [1.54, 1.807) is 7.11 Å². The van der Waals surface area contributed by atoms with Crippen molar-refractivity contribution >= 4 is 15.9 Å². The Balaban J connectivity index is 2.09. The average Bonchev–Trinajstić information content (AvgIpc) is 2.46. The molecule has 0 spiro atoms. The minimum atomic E-state index is 0.557. The topological polar surface area (TPSA) is 21.3 Å². The molecular weight excluding hydrogens is 314 g/mol. The third-order valence-corrected chi connectivity index (χ3v) is 5.38. The van der Waals surface area contributed by atoms with Crippen molar-refractivity contribution < 1.29 is 4.74 Å². The van der Waals surface area contributed by atoms with Crippen molar-refractivity contribution in [3.05, 3.63) is 28.2 Å². The van der Waals surface area contributed by atoms with E-state index in [0.29, 0.717) is 6.04 Å². The molecule has 0 amide bonds. The molecule has 20 heavy (non-hydrogen) atoms. The Morgan fingerprint density at radius 1 is 1.40 bits per heavy atom. The van der Waals surface area contributed by atoms with Gasteiger partial charge < -0.3 is 10.1 Å². The standard InChI is InChI=1S/C17H26BrNO/c1-12-5-4-6-13(9-12)17(19-2)11-14-10-15(20-3)7-8-16(14)18/h7-8,10,12-13,17,19H,4-6,9,11H2,1-3H3. The van der Waals surface area contributed by atoms with Crippen molar-refractivity contribution in [1.82, 2.24) is 5.32 Å². The zero-order valence-electron chi connectivity index (χ0n) is 12.8. The van der Waals surface area contributed by atoms with Crippen molar-refractivity contribution in [2.75, 3.05) is 14.2 Å². The van der Waals surface area contributed by atoms with Crippen LogP contribution in [0.5, 0.6) is 5.75 Å². The number of halogens is 1. The first kappa shape index (κ1) is 15.8. The van der Waals surface area contributed by atoms with Gasteiger partial charge in [0.05, 0.1) is 7.11 Å². The molecule has 1 aliphatic carbocycles. The third kappa shape index (κ3) is 3.98. The SMILES string of the molecule is CNC(Cc1cc(OC)ccc1Br)C1CCCC(C)C1. The van der Waals surface area contributed by atoms with Crippen LogP contribution in [-0.2, 0) is 6.42 Å². The molecule has 3 atom stereocenters. The predicted octanol–water partition coefficient (Wildman–Crippen LogP) is 4.41. The summed E-state index contributed by atoms with van der Waals surface area (Å²) in [5, 5.41) is 3.54. The van der Waals surface area contributed by atoms with E-state index in [-0.39, 0.29) is 0 Å². The second kappa shape index (κ2) is 7.46. The molecule has 2 nitrogen and oxygen atoms in total. The number of benzene rings is 1. The number of rotatable bonds is 5. The van der Waals surface area contributed by atoms with Gasteiger partial charge in [-0.25, -0.2) is 0 Å². The van der Waals surface area contributed by atoms with Crippen LogP contribution in [0.15, 0.2) is 22.7 Å². The van der Waals surface area contributed by atoms with E-state index in [1.165, 1.54) is 35.7 Å². The van der Waals surface area contributed by atoms with Gasteiger partial charge in [-0.3, -0.25) is 0 Å². The second-order valence-electron chi connectivity index (χ2n) is 6.09. The molecule has 1 aromatic carbocycles. The van der Waals surface area contributed by atoms with Gasteiger partial charge in [0.2, 0.25) is 0 Å². The van der Waals surface area contributed by atoms with Crippen LogP contribution in [0.4, 0.5) is 0 Å². The lowest BCUT2D eigenvalue weighted by atomic mass is 9.77. The van der Waals surface area contributed by atoms with Gasteiger partial charge in [0.15, 0.2) is 0 Å². The molecule has 0 bridgehead atoms. The van der Waals surface area contributed by atoms with Crippen LogP contribution in [0, 0.1) is 11.8 Å². The number of likely N-dealkylation sites (N-methyl/N-ethyl adjacent to an activating group) is 1. The first-order valence-electron chi connectivity index (χ1n) is 7.63. The van der Waals surface area contributed by atoms with E-state index >= 15 is 0 Å². The molecule has 2 rings (SSSR count). The lowest BCUT2D eigenvalue weighted by molar-refractivity contribution is 0.227. The number of hydrogen-bond donors (Lipinski definition) is 1. The van der Waals surface area contributed by atoms with Gasteiger partial charge in [0.1, 0.15) is 5.75 Å². The second-order valence-corrected chi connectivity index (χ2v) is 6.94. The van der Waals surface area contributed by atoms with Gasteiger partial charge >= 0.3 is 0 Å². The first-order valence-corrected chi connectivity index (χ1v) is 8.43. The monoisotopic (exact) mass is 339 g/mol. The molecule has 0 heterocycles. The highest BCUT2D eigenvalue weighted by Gasteiger charge is 2.26. The zero-order chi connectivity index (χ0) is 14.5. The summed E-state index contributed by atoms with van der Waals surface area (Å²) in [6.07, 6.45) is 6.55. The van der Waals surface area contributed by atoms with E-state index in [4.69, 9.17) is 4.74 Å². The van der Waals surface area contributed by atoms with Crippen LogP contribution < -0.4 is 10.1 Å². The number of ether oxygens (including phenoxy) is 1. The Morgan fingerprint density at radius 3 is 2.85 bits per heavy atom. The zero-order valence-corrected chi connectivity index (χ0v) is 14.4. The first-order chi connectivity index (χ1) is 9.63. The Morgan fingerprint density at radius 2 is 2.20 bits per heavy atom. The maximum absolute atomic E-state index is 5.35. The van der Waals surface area contributed by atoms with Crippen molar-refractivity contribution in [3.8, 4) is 5.75 Å². The molecule has 1 N–H and O–H groups in total. The molecule has 3 unspecified atom stereocenters. The molecular formula is C17H26BrNO. The summed E-state index contributed by atoms with van der Waals surface area (Å²) in [7, 11) is 3.82. The molecule has 1 aromatic rings. The molecule has 1 saturated carbocycles. The molecule has 3 heteroatoms. The predicted molar refractivity (Wildman–Crippen MR) is 88.4 cm³/mol. The highest BCUT2D eigenvalue weighted by molar-refractivity contribution is 9.10. The molecule has 1 fully saturated rings. The van der Waals surface area contributed by atoms with Crippen molar-refractivity contribution in [2.45, 2.75) is 45.1 Å². The molecule has 0 aliphatic heterocycles. The minimum absolute atomic E-state index is 0.557. The quantitative estimate of drug-likeness (QED) is 0.857. The summed E-state index contributed by atoms with van der Waals surface area (Å²) in [6, 6.07) is 6.80. The fourth-order valence-electron chi connectivity index (χ4n) is 3.42. The van der Waals surface area contributed by atoms with Gasteiger partial charge in [-0.05, 0) is 61.9 Å². The van der Waals surface area contributed by atoms with Crippen molar-refractivity contribution in [3.63, 3.8) is 0 Å². The van der Waals surface area contributed by atoms with Crippen molar-refractivity contribution in [1.29, 1.82) is 0 Å². The lowest BCUT2D eigenvalue weighted by Crippen LogP contribution is -2.38. The van der Waals surface area contributed by atoms with E-state index in [2.05, 4.69) is 47.4 Å². The highest BCUT2D eigenvalue weighted by atomic mass is 79.9. The smallest absolute Gasteiger partial charge is 0.119 e. The summed E-state index contributed by atoms with van der Waals surface area (Å²) < 4.78 is 6.53. The van der Waals surface area contributed by atoms with Crippen LogP contribution in [0.25, 0.3) is 0 Å². The Kier molecular flexibility index (Phi) is 5.91. The van der Waals surface area contributed by atoms with E-state index in [1.807, 2.05) is 6.07 Å². The summed E-state index contributed by atoms with van der Waals surface area (Å²) in [4.78, 5) is 0. The normalized spacial score (nSPS) is 24.4. The van der Waals surface area contributed by atoms with Crippen LogP contribution in [0.2, 0.25) is 0 Å². The van der Waals surface area contributed by atoms with Crippen LogP contribution >= 0.6 is 15.9 Å². The Bertz CT molecular complexity index is 435. The molecule has 1 aliphatic rings. The van der Waals surface area contributed by atoms with Gasteiger partial charge in [-0.1, -0.05) is 35.7 Å². The highest BCUT2D eigenvalue weighted by Crippen LogP contribution is 2.33. The summed E-state index contributed by atoms with van der Waals surface area (Å²) in [5.41, 5.74) is 1.34. The third-order valence-electron chi connectivity index (χ3n) is 4.61. The van der Waals surface area contributed by atoms with Crippen LogP contribution in [0.1, 0.15) is 38.2 Å². The van der Waals surface area contributed by atoms with Crippen molar-refractivity contribution in [2.24, 2.45) is 11.8 Å². The summed E-state index contributed by atoms with van der Waals surface area (Å²) in [6.45, 7) is 2.39. The van der Waals surface area contributed by atoms with E-state index < -0.39 is 0 Å². The maximum atomic E-state index is 5.35. The van der Waals surface area contributed by atoms with E-state index in [0.717, 1.165) is 24.0 Å². The summed E-state index contributed by atoms with van der Waals surface area (Å²) >= 11 is 3.67. The Hall–Kier alpha value is -0.540. The van der Waals surface area contributed by atoms with Gasteiger partial charge in [0.25, 0.3) is 0 Å². The Labute approximate surface area is 131 Å². The fraction of sp³-hybridized carbons (Fsp3) is 0.647. The molecule has 112 valence electrons. The molecule has 0 saturated heterocycles. The maximum Gasteiger partial charge on any atom is 0.119 e. The van der Waals surface area contributed by atoms with Gasteiger partial charge in [0, 0.05) is 10.5 Å². The van der Waals surface area contributed by atoms with E-state index in [9.17, 15) is 0 Å². The van der Waals surface area contributed by atoms with Gasteiger partial charge in [-0.2, -0.15) is 0 Å². The average molecular weight is 340 g/mol. The van der Waals surface area contributed by atoms with Crippen LogP contribution in [0.3, 0.4) is 0 Å². The summed E-state index contributed by atoms with van der Waals surface area (Å²) in [5.74, 6) is 2.61. The molecule has 0 aromatic heterocycles. The number of nitrogens with one attached hydrogen (secondary N) is 1. The van der Waals surface area contributed by atoms with Crippen LogP contribution in [-0.4, -0.2) is 20.2 Å². The molecule has 0 radical (unpaired) electrons. The number of methoxy groups -OCH3 is 1. The fourth-order valence-corrected chi connectivity index (χ4v) is 3.83. The van der Waals surface area contributed by atoms with Gasteiger partial charge in [-0.15, -0.1) is 0 Å². The largest absolute Gasteiger partial charge is 0.497 e. The lowest BCUT2D eigenvalue weighted by Gasteiger charge is -2.33. The number of hydrogen-bond acceptors (Lipinski definition) is 2.